The topological polar surface area (TPSA) is 26.0 Å². The van der Waals surface area contributed by atoms with Gasteiger partial charge in [0.15, 0.2) is 0 Å². The zero-order valence-corrected chi connectivity index (χ0v) is 15.0. The van der Waals surface area contributed by atoms with Crippen molar-refractivity contribution in [2.45, 2.75) is 77.2 Å². The van der Waals surface area contributed by atoms with Crippen molar-refractivity contribution in [1.82, 2.24) is 0 Å². The maximum Gasteiger partial charge on any atom is 0.0264 e. The maximum absolute atomic E-state index is 7.23. The average Bonchev–Trinajstić information content (AvgIpc) is 2.91. The Morgan fingerprint density at radius 3 is 2.78 bits per heavy atom. The van der Waals surface area contributed by atoms with Gasteiger partial charge >= 0.3 is 0 Å². The first-order valence-corrected chi connectivity index (χ1v) is 9.59. The molecule has 0 amide bonds. The lowest BCUT2D eigenvalue weighted by Crippen LogP contribution is -2.60. The van der Waals surface area contributed by atoms with Crippen LogP contribution in [0, 0.1) is 11.3 Å². The average molecular weight is 309 g/mol. The molecule has 4 rings (SSSR count). The van der Waals surface area contributed by atoms with E-state index in [1.807, 2.05) is 0 Å². The normalized spacial score (nSPS) is 40.6. The largest absolute Gasteiger partial charge is 0.324 e. The van der Waals surface area contributed by atoms with Crippen LogP contribution in [0.4, 0.5) is 0 Å². The quantitative estimate of drug-likeness (QED) is 0.715. The minimum absolute atomic E-state index is 0.0110. The standard InChI is InChI=1S/C22H31N/c1-4-15-6-7-16-10-13-22(23)19(18(16)14-15)11-12-21(3)17(5-2)8-9-20(21)22/h5-7,14,19-20H,4,8-13,23H2,1-3H3/b17-5-. The van der Waals surface area contributed by atoms with Crippen molar-refractivity contribution in [1.29, 1.82) is 0 Å². The van der Waals surface area contributed by atoms with Gasteiger partial charge in [0, 0.05) is 11.5 Å². The second-order valence-electron chi connectivity index (χ2n) is 8.41. The molecule has 4 atom stereocenters. The van der Waals surface area contributed by atoms with E-state index >= 15 is 0 Å². The predicted molar refractivity (Wildman–Crippen MR) is 97.6 cm³/mol. The molecule has 3 aliphatic rings. The monoisotopic (exact) mass is 309 g/mol. The van der Waals surface area contributed by atoms with Gasteiger partial charge in [-0.25, -0.2) is 0 Å². The molecule has 0 heterocycles. The summed E-state index contributed by atoms with van der Waals surface area (Å²) in [5, 5.41) is 0. The molecule has 3 aliphatic carbocycles. The Bertz CT molecular complexity index is 658. The highest BCUT2D eigenvalue weighted by Gasteiger charge is 2.58. The van der Waals surface area contributed by atoms with Crippen LogP contribution in [-0.2, 0) is 12.8 Å². The highest BCUT2D eigenvalue weighted by molar-refractivity contribution is 5.42. The van der Waals surface area contributed by atoms with E-state index in [-0.39, 0.29) is 5.54 Å². The highest BCUT2D eigenvalue weighted by atomic mass is 14.8. The smallest absolute Gasteiger partial charge is 0.0264 e. The minimum atomic E-state index is 0.0110. The van der Waals surface area contributed by atoms with Crippen LogP contribution in [0.15, 0.2) is 29.8 Å². The molecule has 1 heteroatoms. The van der Waals surface area contributed by atoms with E-state index in [2.05, 4.69) is 45.0 Å². The summed E-state index contributed by atoms with van der Waals surface area (Å²) in [6, 6.07) is 7.19. The van der Waals surface area contributed by atoms with Gasteiger partial charge in [-0.2, -0.15) is 0 Å². The van der Waals surface area contributed by atoms with Crippen LogP contribution in [-0.4, -0.2) is 5.54 Å². The molecule has 1 nitrogen and oxygen atoms in total. The van der Waals surface area contributed by atoms with Crippen molar-refractivity contribution in [2.75, 3.05) is 0 Å². The van der Waals surface area contributed by atoms with Crippen molar-refractivity contribution in [2.24, 2.45) is 17.1 Å². The van der Waals surface area contributed by atoms with E-state index in [9.17, 15) is 0 Å². The molecule has 0 aliphatic heterocycles. The van der Waals surface area contributed by atoms with Crippen molar-refractivity contribution < 1.29 is 0 Å². The molecule has 0 aromatic heterocycles. The molecule has 2 fully saturated rings. The Labute approximate surface area is 141 Å². The van der Waals surface area contributed by atoms with Gasteiger partial charge < -0.3 is 5.73 Å². The number of fused-ring (bicyclic) bond motifs is 5. The van der Waals surface area contributed by atoms with Crippen LogP contribution in [0.2, 0.25) is 0 Å². The van der Waals surface area contributed by atoms with Gasteiger partial charge in [0.1, 0.15) is 0 Å². The van der Waals surface area contributed by atoms with Crippen LogP contribution in [0.1, 0.15) is 75.5 Å². The van der Waals surface area contributed by atoms with Gasteiger partial charge in [0.25, 0.3) is 0 Å². The van der Waals surface area contributed by atoms with Crippen LogP contribution >= 0.6 is 0 Å². The van der Waals surface area contributed by atoms with Crippen LogP contribution in [0.5, 0.6) is 0 Å². The van der Waals surface area contributed by atoms with Crippen molar-refractivity contribution in [3.8, 4) is 0 Å². The lowest BCUT2D eigenvalue weighted by atomic mass is 9.51. The van der Waals surface area contributed by atoms with Gasteiger partial charge in [0.2, 0.25) is 0 Å². The van der Waals surface area contributed by atoms with E-state index in [0.717, 1.165) is 6.42 Å². The predicted octanol–water partition coefficient (Wildman–Crippen LogP) is 5.13. The van der Waals surface area contributed by atoms with E-state index in [4.69, 9.17) is 5.73 Å². The van der Waals surface area contributed by atoms with E-state index in [0.29, 0.717) is 17.3 Å². The van der Waals surface area contributed by atoms with Gasteiger partial charge in [-0.15, -0.1) is 0 Å². The van der Waals surface area contributed by atoms with Crippen LogP contribution < -0.4 is 5.73 Å². The summed E-state index contributed by atoms with van der Waals surface area (Å²) in [5.74, 6) is 1.24. The number of nitrogens with two attached hydrogens (primary N) is 1. The van der Waals surface area contributed by atoms with Crippen molar-refractivity contribution in [3.05, 3.63) is 46.5 Å². The molecule has 0 bridgehead atoms. The molecular weight excluding hydrogens is 278 g/mol. The second-order valence-corrected chi connectivity index (χ2v) is 8.41. The Morgan fingerprint density at radius 2 is 2.04 bits per heavy atom. The second kappa shape index (κ2) is 5.21. The minimum Gasteiger partial charge on any atom is -0.324 e. The molecule has 1 aromatic carbocycles. The van der Waals surface area contributed by atoms with Crippen LogP contribution in [0.25, 0.3) is 0 Å². The summed E-state index contributed by atoms with van der Waals surface area (Å²) in [5.41, 5.74) is 13.9. The molecule has 0 spiro atoms. The van der Waals surface area contributed by atoms with E-state index in [1.165, 1.54) is 44.1 Å². The summed E-state index contributed by atoms with van der Waals surface area (Å²) in [7, 11) is 0. The third-order valence-electron chi connectivity index (χ3n) is 7.62. The first-order chi connectivity index (χ1) is 11.0. The molecule has 0 radical (unpaired) electrons. The van der Waals surface area contributed by atoms with Crippen molar-refractivity contribution >= 4 is 0 Å². The summed E-state index contributed by atoms with van der Waals surface area (Å²) in [4.78, 5) is 0. The fourth-order valence-electron chi connectivity index (χ4n) is 6.32. The number of benzene rings is 1. The Balaban J connectivity index is 1.78. The third-order valence-corrected chi connectivity index (χ3v) is 7.62. The Morgan fingerprint density at radius 1 is 1.22 bits per heavy atom. The Kier molecular flexibility index (Phi) is 3.50. The number of hydrogen-bond donors (Lipinski definition) is 1. The van der Waals surface area contributed by atoms with E-state index in [1.54, 1.807) is 16.7 Å². The summed E-state index contributed by atoms with van der Waals surface area (Å²) >= 11 is 0. The number of rotatable bonds is 1. The first-order valence-electron chi connectivity index (χ1n) is 9.59. The lowest BCUT2D eigenvalue weighted by molar-refractivity contribution is 0.0522. The van der Waals surface area contributed by atoms with Crippen LogP contribution in [0.3, 0.4) is 0 Å². The zero-order chi connectivity index (χ0) is 16.2. The molecule has 0 saturated heterocycles. The number of hydrogen-bond acceptors (Lipinski definition) is 1. The number of allylic oxidation sites excluding steroid dienone is 2. The fraction of sp³-hybridized carbons (Fsp3) is 0.636. The molecule has 1 aromatic rings. The third kappa shape index (κ3) is 2.02. The molecule has 124 valence electrons. The summed E-state index contributed by atoms with van der Waals surface area (Å²) in [6.07, 6.45) is 11.0. The molecule has 23 heavy (non-hydrogen) atoms. The maximum atomic E-state index is 7.23. The fourth-order valence-corrected chi connectivity index (χ4v) is 6.32. The molecular formula is C22H31N. The SMILES string of the molecule is C/C=C1/CCC2C1(C)CCC1c3cc(CC)ccc3CCC12N. The number of aryl methyl sites for hydroxylation is 2. The lowest BCUT2D eigenvalue weighted by Gasteiger charge is -2.56. The zero-order valence-electron chi connectivity index (χ0n) is 15.0. The molecule has 4 unspecified atom stereocenters. The Hall–Kier alpha value is -1.08. The summed E-state index contributed by atoms with van der Waals surface area (Å²) in [6.45, 7) is 6.98. The van der Waals surface area contributed by atoms with Gasteiger partial charge in [0.05, 0.1) is 0 Å². The first kappa shape index (κ1) is 15.4. The van der Waals surface area contributed by atoms with Gasteiger partial charge in [-0.05, 0) is 79.9 Å². The van der Waals surface area contributed by atoms with Gasteiger partial charge in [-0.3, -0.25) is 0 Å². The highest BCUT2D eigenvalue weighted by Crippen LogP contribution is 2.63. The van der Waals surface area contributed by atoms with Crippen molar-refractivity contribution in [3.63, 3.8) is 0 Å². The summed E-state index contributed by atoms with van der Waals surface area (Å²) < 4.78 is 0. The molecule has 2 saturated carbocycles. The van der Waals surface area contributed by atoms with Gasteiger partial charge in [-0.1, -0.05) is 43.7 Å². The van der Waals surface area contributed by atoms with E-state index < -0.39 is 0 Å². The molecule has 2 N–H and O–H groups in total.